The molecule has 2 aliphatic carbocycles. The van der Waals surface area contributed by atoms with Crippen LogP contribution in [0.5, 0.6) is 0 Å². The average molecular weight is 253 g/mol. The highest BCUT2D eigenvalue weighted by Gasteiger charge is 2.35. The molecule has 0 spiro atoms. The van der Waals surface area contributed by atoms with Crippen LogP contribution in [0.15, 0.2) is 0 Å². The summed E-state index contributed by atoms with van der Waals surface area (Å²) in [4.78, 5) is 2.61. The van der Waals surface area contributed by atoms with Gasteiger partial charge in [0.2, 0.25) is 0 Å². The normalized spacial score (nSPS) is 33.7. The van der Waals surface area contributed by atoms with Crippen molar-refractivity contribution in [1.82, 2.24) is 4.90 Å². The second kappa shape index (κ2) is 6.38. The molecule has 2 aliphatic rings. The Balaban J connectivity index is 1.86. The van der Waals surface area contributed by atoms with Crippen molar-refractivity contribution in [3.05, 3.63) is 0 Å². The van der Waals surface area contributed by atoms with E-state index in [1.165, 1.54) is 51.5 Å². The predicted molar refractivity (Wildman–Crippen MR) is 76.6 cm³/mol. The lowest BCUT2D eigenvalue weighted by Gasteiger charge is -2.43. The topological polar surface area (TPSA) is 23.5 Å². The van der Waals surface area contributed by atoms with Gasteiger partial charge in [0, 0.05) is 25.1 Å². The van der Waals surface area contributed by atoms with Gasteiger partial charge in [-0.1, -0.05) is 33.1 Å². The van der Waals surface area contributed by atoms with E-state index < -0.39 is 0 Å². The molecule has 2 saturated carbocycles. The van der Waals surface area contributed by atoms with E-state index in [9.17, 15) is 5.11 Å². The molecule has 0 atom stereocenters. The van der Waals surface area contributed by atoms with E-state index in [0.717, 1.165) is 24.9 Å². The van der Waals surface area contributed by atoms with Crippen LogP contribution in [0, 0.1) is 17.3 Å². The number of nitrogens with zero attached hydrogens (tertiary/aromatic N) is 1. The van der Waals surface area contributed by atoms with Gasteiger partial charge < -0.3 is 10.0 Å². The van der Waals surface area contributed by atoms with Crippen LogP contribution in [0.2, 0.25) is 0 Å². The minimum atomic E-state index is 0.215. The molecular formula is C16H31NO. The molecule has 0 aromatic carbocycles. The monoisotopic (exact) mass is 253 g/mol. The van der Waals surface area contributed by atoms with E-state index in [-0.39, 0.29) is 5.41 Å². The summed E-state index contributed by atoms with van der Waals surface area (Å²) in [5, 5.41) is 9.85. The molecule has 2 nitrogen and oxygen atoms in total. The molecule has 2 fully saturated rings. The molecule has 0 aromatic rings. The highest BCUT2D eigenvalue weighted by atomic mass is 16.3. The Morgan fingerprint density at radius 3 is 2.28 bits per heavy atom. The Labute approximate surface area is 113 Å². The number of hydrogen-bond acceptors (Lipinski definition) is 2. The fourth-order valence-electron chi connectivity index (χ4n) is 3.56. The molecule has 0 aromatic heterocycles. The van der Waals surface area contributed by atoms with Gasteiger partial charge >= 0.3 is 0 Å². The van der Waals surface area contributed by atoms with Crippen molar-refractivity contribution < 1.29 is 5.11 Å². The summed E-state index contributed by atoms with van der Waals surface area (Å²) in [5.41, 5.74) is 0.215. The summed E-state index contributed by atoms with van der Waals surface area (Å²) >= 11 is 0. The largest absolute Gasteiger partial charge is 0.396 e. The van der Waals surface area contributed by atoms with Crippen molar-refractivity contribution in [2.45, 2.75) is 58.8 Å². The first-order valence-electron chi connectivity index (χ1n) is 8.00. The SMILES string of the molecule is CCN(CC1CCC1)CC1(CO)CCC(C)CC1. The Morgan fingerprint density at radius 2 is 1.83 bits per heavy atom. The summed E-state index contributed by atoms with van der Waals surface area (Å²) < 4.78 is 0. The number of hydrogen-bond donors (Lipinski definition) is 1. The smallest absolute Gasteiger partial charge is 0.0499 e. The molecular weight excluding hydrogens is 222 g/mol. The van der Waals surface area contributed by atoms with Crippen LogP contribution in [-0.2, 0) is 0 Å². The zero-order valence-corrected chi connectivity index (χ0v) is 12.3. The summed E-state index contributed by atoms with van der Waals surface area (Å²) in [6, 6.07) is 0. The molecule has 2 heteroatoms. The van der Waals surface area contributed by atoms with Crippen molar-refractivity contribution in [3.8, 4) is 0 Å². The van der Waals surface area contributed by atoms with Gasteiger partial charge in [-0.15, -0.1) is 0 Å². The predicted octanol–water partition coefficient (Wildman–Crippen LogP) is 3.30. The van der Waals surface area contributed by atoms with Gasteiger partial charge in [-0.2, -0.15) is 0 Å². The fraction of sp³-hybridized carbons (Fsp3) is 1.00. The van der Waals surface area contributed by atoms with Gasteiger partial charge in [-0.25, -0.2) is 0 Å². The van der Waals surface area contributed by atoms with Crippen LogP contribution in [0.25, 0.3) is 0 Å². The lowest BCUT2D eigenvalue weighted by atomic mass is 9.71. The summed E-state index contributed by atoms with van der Waals surface area (Å²) in [6.45, 7) is 8.56. The highest BCUT2D eigenvalue weighted by Crippen LogP contribution is 2.39. The third-order valence-corrected chi connectivity index (χ3v) is 5.42. The Bertz CT molecular complexity index is 241. The molecule has 1 N–H and O–H groups in total. The molecule has 0 bridgehead atoms. The Hall–Kier alpha value is -0.0800. The highest BCUT2D eigenvalue weighted by molar-refractivity contribution is 4.88. The first-order valence-corrected chi connectivity index (χ1v) is 8.00. The maximum absolute atomic E-state index is 9.85. The standard InChI is InChI=1S/C16H31NO/c1-3-17(11-15-5-4-6-15)12-16(13-18)9-7-14(2)8-10-16/h14-15,18H,3-13H2,1-2H3. The van der Waals surface area contributed by atoms with Crippen molar-refractivity contribution in [2.75, 3.05) is 26.2 Å². The zero-order chi connectivity index (χ0) is 13.0. The molecule has 0 heterocycles. The number of aliphatic hydroxyl groups excluding tert-OH is 1. The summed E-state index contributed by atoms with van der Waals surface area (Å²) in [6.07, 6.45) is 9.37. The molecule has 0 amide bonds. The Morgan fingerprint density at radius 1 is 1.17 bits per heavy atom. The zero-order valence-electron chi connectivity index (χ0n) is 12.3. The average Bonchev–Trinajstić information content (AvgIpc) is 2.35. The first-order chi connectivity index (χ1) is 8.67. The van der Waals surface area contributed by atoms with Gasteiger partial charge in [-0.05, 0) is 44.1 Å². The molecule has 2 rings (SSSR count). The van der Waals surface area contributed by atoms with E-state index in [1.807, 2.05) is 0 Å². The van der Waals surface area contributed by atoms with Crippen molar-refractivity contribution in [1.29, 1.82) is 0 Å². The molecule has 18 heavy (non-hydrogen) atoms. The lowest BCUT2D eigenvalue weighted by Crippen LogP contribution is -2.44. The maximum Gasteiger partial charge on any atom is 0.0499 e. The lowest BCUT2D eigenvalue weighted by molar-refractivity contribution is 0.0221. The molecule has 0 radical (unpaired) electrons. The van der Waals surface area contributed by atoms with E-state index in [2.05, 4.69) is 18.7 Å². The quantitative estimate of drug-likeness (QED) is 0.785. The van der Waals surface area contributed by atoms with Gasteiger partial charge in [0.25, 0.3) is 0 Å². The molecule has 0 aliphatic heterocycles. The van der Waals surface area contributed by atoms with Crippen LogP contribution in [0.4, 0.5) is 0 Å². The van der Waals surface area contributed by atoms with E-state index in [0.29, 0.717) is 6.61 Å². The summed E-state index contributed by atoms with van der Waals surface area (Å²) in [5.74, 6) is 1.81. The maximum atomic E-state index is 9.85. The van der Waals surface area contributed by atoms with Crippen LogP contribution < -0.4 is 0 Å². The van der Waals surface area contributed by atoms with E-state index in [1.54, 1.807) is 0 Å². The number of rotatable bonds is 6. The van der Waals surface area contributed by atoms with Crippen LogP contribution in [0.1, 0.15) is 58.8 Å². The molecule has 106 valence electrons. The molecule has 0 unspecified atom stereocenters. The third-order valence-electron chi connectivity index (χ3n) is 5.42. The van der Waals surface area contributed by atoms with Gasteiger partial charge in [0.05, 0.1) is 0 Å². The van der Waals surface area contributed by atoms with Gasteiger partial charge in [0.15, 0.2) is 0 Å². The summed E-state index contributed by atoms with van der Waals surface area (Å²) in [7, 11) is 0. The minimum absolute atomic E-state index is 0.215. The molecule has 0 saturated heterocycles. The van der Waals surface area contributed by atoms with Gasteiger partial charge in [0.1, 0.15) is 0 Å². The van der Waals surface area contributed by atoms with Crippen LogP contribution in [0.3, 0.4) is 0 Å². The minimum Gasteiger partial charge on any atom is -0.396 e. The van der Waals surface area contributed by atoms with Crippen LogP contribution >= 0.6 is 0 Å². The van der Waals surface area contributed by atoms with Gasteiger partial charge in [-0.3, -0.25) is 0 Å². The van der Waals surface area contributed by atoms with Crippen LogP contribution in [-0.4, -0.2) is 36.2 Å². The van der Waals surface area contributed by atoms with E-state index >= 15 is 0 Å². The van der Waals surface area contributed by atoms with E-state index in [4.69, 9.17) is 0 Å². The van der Waals surface area contributed by atoms with Crippen molar-refractivity contribution in [3.63, 3.8) is 0 Å². The van der Waals surface area contributed by atoms with Crippen molar-refractivity contribution >= 4 is 0 Å². The second-order valence-corrected chi connectivity index (χ2v) is 6.97. The Kier molecular flexibility index (Phi) is 5.08. The van der Waals surface area contributed by atoms with Crippen molar-refractivity contribution in [2.24, 2.45) is 17.3 Å². The first kappa shape index (κ1) is 14.3. The second-order valence-electron chi connectivity index (χ2n) is 6.97. The number of aliphatic hydroxyl groups is 1. The third kappa shape index (κ3) is 3.48. The fourth-order valence-corrected chi connectivity index (χ4v) is 3.56.